The topological polar surface area (TPSA) is 62.5 Å². The standard InChI is InChI=1S/C15H24N4O/c1-18(2)15(20)11-8-9-14(17-10-11)19(3)13-7-5-4-6-12(13)16/h8-10,12-13H,4-7,16H2,1-3H3. The summed E-state index contributed by atoms with van der Waals surface area (Å²) in [5.74, 6) is 0.851. The molecule has 2 rings (SSSR count). The Bertz CT molecular complexity index is 457. The van der Waals surface area contributed by atoms with Crippen LogP contribution in [0.3, 0.4) is 0 Å². The normalized spacial score (nSPS) is 22.4. The van der Waals surface area contributed by atoms with Crippen molar-refractivity contribution in [2.45, 2.75) is 37.8 Å². The van der Waals surface area contributed by atoms with Crippen LogP contribution in [0.4, 0.5) is 5.82 Å². The molecule has 0 aromatic carbocycles. The predicted molar refractivity (Wildman–Crippen MR) is 80.9 cm³/mol. The van der Waals surface area contributed by atoms with E-state index in [4.69, 9.17) is 5.73 Å². The van der Waals surface area contributed by atoms with E-state index in [1.807, 2.05) is 19.2 Å². The molecule has 5 heteroatoms. The summed E-state index contributed by atoms with van der Waals surface area (Å²) in [6.07, 6.45) is 6.27. The lowest BCUT2D eigenvalue weighted by molar-refractivity contribution is 0.0827. The van der Waals surface area contributed by atoms with E-state index in [1.165, 1.54) is 12.8 Å². The first kappa shape index (κ1) is 14.8. The number of amides is 1. The first-order chi connectivity index (χ1) is 9.50. The second-order valence-corrected chi connectivity index (χ2v) is 5.73. The van der Waals surface area contributed by atoms with Gasteiger partial charge in [0.25, 0.3) is 5.91 Å². The lowest BCUT2D eigenvalue weighted by atomic mass is 9.90. The Labute approximate surface area is 120 Å². The minimum absolute atomic E-state index is 0.0268. The fourth-order valence-corrected chi connectivity index (χ4v) is 2.77. The summed E-state index contributed by atoms with van der Waals surface area (Å²) in [4.78, 5) is 19.9. The van der Waals surface area contributed by atoms with E-state index in [-0.39, 0.29) is 11.9 Å². The molecule has 2 N–H and O–H groups in total. The Kier molecular flexibility index (Phi) is 4.60. The Balaban J connectivity index is 2.11. The molecule has 2 unspecified atom stereocenters. The van der Waals surface area contributed by atoms with Gasteiger partial charge in [0.1, 0.15) is 5.82 Å². The first-order valence-electron chi connectivity index (χ1n) is 7.17. The molecule has 1 aliphatic rings. The number of anilines is 1. The van der Waals surface area contributed by atoms with Gasteiger partial charge >= 0.3 is 0 Å². The van der Waals surface area contributed by atoms with Crippen molar-refractivity contribution in [3.63, 3.8) is 0 Å². The maximum atomic E-state index is 11.8. The number of hydrogen-bond acceptors (Lipinski definition) is 4. The molecule has 0 radical (unpaired) electrons. The number of hydrogen-bond donors (Lipinski definition) is 1. The van der Waals surface area contributed by atoms with Gasteiger partial charge in [-0.1, -0.05) is 12.8 Å². The molecule has 1 heterocycles. The predicted octanol–water partition coefficient (Wildman–Crippen LogP) is 1.49. The van der Waals surface area contributed by atoms with Gasteiger partial charge in [0, 0.05) is 39.4 Å². The van der Waals surface area contributed by atoms with Crippen molar-refractivity contribution < 1.29 is 4.79 Å². The second kappa shape index (κ2) is 6.22. The molecule has 1 aliphatic carbocycles. The molecule has 2 atom stereocenters. The van der Waals surface area contributed by atoms with Crippen LogP contribution in [-0.4, -0.2) is 49.0 Å². The van der Waals surface area contributed by atoms with Crippen LogP contribution in [-0.2, 0) is 0 Å². The summed E-state index contributed by atoms with van der Waals surface area (Å²) in [6.45, 7) is 0. The minimum atomic E-state index is -0.0268. The summed E-state index contributed by atoms with van der Waals surface area (Å²) in [5.41, 5.74) is 6.82. The van der Waals surface area contributed by atoms with Crippen LogP contribution in [0.5, 0.6) is 0 Å². The van der Waals surface area contributed by atoms with Gasteiger partial charge < -0.3 is 15.5 Å². The summed E-state index contributed by atoms with van der Waals surface area (Å²) < 4.78 is 0. The third kappa shape index (κ3) is 3.10. The fraction of sp³-hybridized carbons (Fsp3) is 0.600. The van der Waals surface area contributed by atoms with Crippen molar-refractivity contribution >= 4 is 11.7 Å². The zero-order valence-electron chi connectivity index (χ0n) is 12.5. The highest BCUT2D eigenvalue weighted by atomic mass is 16.2. The van der Waals surface area contributed by atoms with E-state index in [0.717, 1.165) is 18.7 Å². The molecule has 5 nitrogen and oxygen atoms in total. The highest BCUT2D eigenvalue weighted by molar-refractivity contribution is 5.93. The SMILES string of the molecule is CN(C)C(=O)c1ccc(N(C)C2CCCCC2N)nc1. The van der Waals surface area contributed by atoms with Crippen molar-refractivity contribution in [3.05, 3.63) is 23.9 Å². The maximum Gasteiger partial charge on any atom is 0.254 e. The van der Waals surface area contributed by atoms with Gasteiger partial charge in [0.2, 0.25) is 0 Å². The van der Waals surface area contributed by atoms with Crippen LogP contribution >= 0.6 is 0 Å². The third-order valence-electron chi connectivity index (χ3n) is 4.04. The lowest BCUT2D eigenvalue weighted by Gasteiger charge is -2.36. The number of carbonyl (C=O) groups is 1. The molecule has 1 aromatic heterocycles. The minimum Gasteiger partial charge on any atom is -0.355 e. The number of likely N-dealkylation sites (N-methyl/N-ethyl adjacent to an activating group) is 1. The fourth-order valence-electron chi connectivity index (χ4n) is 2.77. The van der Waals surface area contributed by atoms with Crippen LogP contribution in [0.15, 0.2) is 18.3 Å². The van der Waals surface area contributed by atoms with E-state index < -0.39 is 0 Å². The number of nitrogens with zero attached hydrogens (tertiary/aromatic N) is 3. The van der Waals surface area contributed by atoms with Gasteiger partial charge in [-0.05, 0) is 25.0 Å². The van der Waals surface area contributed by atoms with Gasteiger partial charge in [-0.3, -0.25) is 4.79 Å². The highest BCUT2D eigenvalue weighted by Gasteiger charge is 2.26. The van der Waals surface area contributed by atoms with Crippen LogP contribution < -0.4 is 10.6 Å². The summed E-state index contributed by atoms with van der Waals surface area (Å²) in [6, 6.07) is 4.28. The van der Waals surface area contributed by atoms with Crippen molar-refractivity contribution in [2.24, 2.45) is 5.73 Å². The molecular formula is C15H24N4O. The van der Waals surface area contributed by atoms with E-state index in [1.54, 1.807) is 25.2 Å². The largest absolute Gasteiger partial charge is 0.355 e. The summed E-state index contributed by atoms with van der Waals surface area (Å²) in [7, 11) is 5.51. The second-order valence-electron chi connectivity index (χ2n) is 5.73. The van der Waals surface area contributed by atoms with E-state index >= 15 is 0 Å². The summed E-state index contributed by atoms with van der Waals surface area (Å²) in [5, 5.41) is 0. The third-order valence-corrected chi connectivity index (χ3v) is 4.04. The molecule has 1 saturated carbocycles. The summed E-state index contributed by atoms with van der Waals surface area (Å²) >= 11 is 0. The molecule has 1 amide bonds. The smallest absolute Gasteiger partial charge is 0.254 e. The Morgan fingerprint density at radius 3 is 2.50 bits per heavy atom. The van der Waals surface area contributed by atoms with Gasteiger partial charge in [-0.2, -0.15) is 0 Å². The molecule has 1 aromatic rings. The average molecular weight is 276 g/mol. The Morgan fingerprint density at radius 2 is 1.95 bits per heavy atom. The van der Waals surface area contributed by atoms with Crippen LogP contribution in [0.2, 0.25) is 0 Å². The van der Waals surface area contributed by atoms with Crippen molar-refractivity contribution in [1.82, 2.24) is 9.88 Å². The van der Waals surface area contributed by atoms with Gasteiger partial charge in [-0.25, -0.2) is 4.98 Å². The molecule has 0 saturated heterocycles. The van der Waals surface area contributed by atoms with Crippen LogP contribution in [0, 0.1) is 0 Å². The van der Waals surface area contributed by atoms with Crippen LogP contribution in [0.25, 0.3) is 0 Å². The van der Waals surface area contributed by atoms with Crippen molar-refractivity contribution in [1.29, 1.82) is 0 Å². The number of nitrogens with two attached hydrogens (primary N) is 1. The Hall–Kier alpha value is -1.62. The molecule has 1 fully saturated rings. The molecule has 110 valence electrons. The molecule has 0 bridgehead atoms. The van der Waals surface area contributed by atoms with Crippen molar-refractivity contribution in [2.75, 3.05) is 26.0 Å². The Morgan fingerprint density at radius 1 is 1.25 bits per heavy atom. The van der Waals surface area contributed by atoms with Gasteiger partial charge in [0.15, 0.2) is 0 Å². The average Bonchev–Trinajstić information content (AvgIpc) is 2.46. The van der Waals surface area contributed by atoms with Crippen molar-refractivity contribution in [3.8, 4) is 0 Å². The van der Waals surface area contributed by atoms with Gasteiger partial charge in [0.05, 0.1) is 5.56 Å². The maximum absolute atomic E-state index is 11.8. The monoisotopic (exact) mass is 276 g/mol. The van der Waals surface area contributed by atoms with E-state index in [9.17, 15) is 4.79 Å². The molecule has 0 spiro atoms. The molecular weight excluding hydrogens is 252 g/mol. The molecule has 0 aliphatic heterocycles. The highest BCUT2D eigenvalue weighted by Crippen LogP contribution is 2.24. The van der Waals surface area contributed by atoms with Gasteiger partial charge in [-0.15, -0.1) is 0 Å². The quantitative estimate of drug-likeness (QED) is 0.908. The number of aromatic nitrogens is 1. The van der Waals surface area contributed by atoms with E-state index in [2.05, 4.69) is 9.88 Å². The number of rotatable bonds is 3. The van der Waals surface area contributed by atoms with E-state index in [0.29, 0.717) is 11.6 Å². The number of pyridine rings is 1. The first-order valence-corrected chi connectivity index (χ1v) is 7.17. The zero-order valence-corrected chi connectivity index (χ0v) is 12.5. The lowest BCUT2D eigenvalue weighted by Crippen LogP contribution is -2.48. The number of carbonyl (C=O) groups excluding carboxylic acids is 1. The zero-order chi connectivity index (χ0) is 14.7. The molecule has 20 heavy (non-hydrogen) atoms. The van der Waals surface area contributed by atoms with Crippen LogP contribution in [0.1, 0.15) is 36.0 Å².